The van der Waals surface area contributed by atoms with Crippen LogP contribution in [0.5, 0.6) is 0 Å². The zero-order valence-corrected chi connectivity index (χ0v) is 11.4. The molecule has 1 aromatic carbocycles. The SMILES string of the molecule is CNC(=O)c1nn(C2CCCCO2)c2cc(N)ccc12. The lowest BCUT2D eigenvalue weighted by molar-refractivity contribution is -0.0368. The lowest BCUT2D eigenvalue weighted by Crippen LogP contribution is -2.21. The highest BCUT2D eigenvalue weighted by Crippen LogP contribution is 2.29. The number of nitrogens with two attached hydrogens (primary N) is 1. The minimum absolute atomic E-state index is 0.119. The van der Waals surface area contributed by atoms with E-state index in [1.54, 1.807) is 17.8 Å². The van der Waals surface area contributed by atoms with Gasteiger partial charge in [-0.1, -0.05) is 0 Å². The molecule has 1 saturated heterocycles. The van der Waals surface area contributed by atoms with Gasteiger partial charge >= 0.3 is 0 Å². The number of nitrogens with zero attached hydrogens (tertiary/aromatic N) is 2. The van der Waals surface area contributed by atoms with Gasteiger partial charge in [0, 0.05) is 24.7 Å². The fourth-order valence-electron chi connectivity index (χ4n) is 2.58. The minimum atomic E-state index is -0.200. The number of aromatic nitrogens is 2. The molecule has 1 amide bonds. The van der Waals surface area contributed by atoms with Crippen molar-refractivity contribution in [2.24, 2.45) is 0 Å². The molecule has 3 rings (SSSR count). The van der Waals surface area contributed by atoms with Gasteiger partial charge in [-0.3, -0.25) is 4.79 Å². The smallest absolute Gasteiger partial charge is 0.272 e. The Hall–Kier alpha value is -2.08. The van der Waals surface area contributed by atoms with Crippen LogP contribution in [0.25, 0.3) is 10.9 Å². The molecule has 1 aliphatic heterocycles. The topological polar surface area (TPSA) is 82.2 Å². The van der Waals surface area contributed by atoms with E-state index in [-0.39, 0.29) is 12.1 Å². The summed E-state index contributed by atoms with van der Waals surface area (Å²) in [7, 11) is 1.60. The van der Waals surface area contributed by atoms with Crippen molar-refractivity contribution in [2.75, 3.05) is 19.4 Å². The number of amides is 1. The number of nitrogens with one attached hydrogen (secondary N) is 1. The number of fused-ring (bicyclic) bond motifs is 1. The third-order valence-electron chi connectivity index (χ3n) is 3.60. The van der Waals surface area contributed by atoms with Crippen LogP contribution in [0.1, 0.15) is 36.0 Å². The van der Waals surface area contributed by atoms with Crippen LogP contribution in [0.2, 0.25) is 0 Å². The maximum Gasteiger partial charge on any atom is 0.272 e. The van der Waals surface area contributed by atoms with Crippen LogP contribution in [0, 0.1) is 0 Å². The maximum absolute atomic E-state index is 11.9. The third-order valence-corrected chi connectivity index (χ3v) is 3.60. The number of anilines is 1. The molecule has 0 spiro atoms. The van der Waals surface area contributed by atoms with E-state index in [1.807, 2.05) is 12.1 Å². The van der Waals surface area contributed by atoms with Crippen LogP contribution in [0.15, 0.2) is 18.2 Å². The van der Waals surface area contributed by atoms with Gasteiger partial charge in [-0.2, -0.15) is 5.10 Å². The van der Waals surface area contributed by atoms with Crippen LogP contribution in [-0.2, 0) is 4.74 Å². The molecule has 1 aliphatic rings. The standard InChI is InChI=1S/C14H18N4O2/c1-16-14(19)13-10-6-5-9(15)8-11(10)18(17-13)12-4-2-3-7-20-12/h5-6,8,12H,2-4,7,15H2,1H3,(H,16,19). The number of ether oxygens (including phenoxy) is 1. The van der Waals surface area contributed by atoms with Crippen molar-refractivity contribution in [3.8, 4) is 0 Å². The van der Waals surface area contributed by atoms with Crippen LogP contribution in [-0.4, -0.2) is 29.3 Å². The Morgan fingerprint density at radius 3 is 3.05 bits per heavy atom. The van der Waals surface area contributed by atoms with E-state index in [0.29, 0.717) is 11.4 Å². The Kier molecular flexibility index (Phi) is 3.31. The summed E-state index contributed by atoms with van der Waals surface area (Å²) in [5.41, 5.74) is 7.77. The molecule has 2 heterocycles. The summed E-state index contributed by atoms with van der Waals surface area (Å²) in [6.07, 6.45) is 2.95. The molecule has 106 valence electrons. The minimum Gasteiger partial charge on any atom is -0.399 e. The summed E-state index contributed by atoms with van der Waals surface area (Å²) in [6.45, 7) is 0.726. The average molecular weight is 274 g/mol. The monoisotopic (exact) mass is 274 g/mol. The first-order chi connectivity index (χ1) is 9.70. The van der Waals surface area contributed by atoms with Crippen LogP contribution in [0.4, 0.5) is 5.69 Å². The second-order valence-corrected chi connectivity index (χ2v) is 4.97. The highest BCUT2D eigenvalue weighted by Gasteiger charge is 2.23. The highest BCUT2D eigenvalue weighted by molar-refractivity contribution is 6.05. The van der Waals surface area contributed by atoms with Gasteiger partial charge in [0.2, 0.25) is 0 Å². The Bertz CT molecular complexity index is 644. The second kappa shape index (κ2) is 5.13. The van der Waals surface area contributed by atoms with E-state index in [2.05, 4.69) is 10.4 Å². The third kappa shape index (κ3) is 2.12. The molecular weight excluding hydrogens is 256 g/mol. The molecule has 1 unspecified atom stereocenters. The van der Waals surface area contributed by atoms with E-state index in [4.69, 9.17) is 10.5 Å². The number of hydrogen-bond donors (Lipinski definition) is 2. The number of rotatable bonds is 2. The first-order valence-electron chi connectivity index (χ1n) is 6.82. The predicted octanol–water partition coefficient (Wildman–Crippen LogP) is 1.68. The highest BCUT2D eigenvalue weighted by atomic mass is 16.5. The molecule has 1 fully saturated rings. The molecule has 2 aromatic rings. The predicted molar refractivity (Wildman–Crippen MR) is 76.4 cm³/mol. The van der Waals surface area contributed by atoms with Crippen molar-refractivity contribution >= 4 is 22.5 Å². The van der Waals surface area contributed by atoms with E-state index in [9.17, 15) is 4.79 Å². The van der Waals surface area contributed by atoms with Gasteiger partial charge in [-0.15, -0.1) is 0 Å². The molecule has 20 heavy (non-hydrogen) atoms. The molecular formula is C14H18N4O2. The van der Waals surface area contributed by atoms with Crippen molar-refractivity contribution in [1.29, 1.82) is 0 Å². The maximum atomic E-state index is 11.9. The Morgan fingerprint density at radius 1 is 1.50 bits per heavy atom. The number of benzene rings is 1. The first kappa shape index (κ1) is 12.9. The molecule has 0 aliphatic carbocycles. The Morgan fingerprint density at radius 2 is 2.35 bits per heavy atom. The number of carbonyl (C=O) groups is 1. The summed E-state index contributed by atoms with van der Waals surface area (Å²) < 4.78 is 7.55. The molecule has 1 aromatic heterocycles. The van der Waals surface area contributed by atoms with Gasteiger partial charge in [-0.05, 0) is 37.5 Å². The molecule has 3 N–H and O–H groups in total. The molecule has 6 heteroatoms. The summed E-state index contributed by atoms with van der Waals surface area (Å²) in [4.78, 5) is 11.9. The lowest BCUT2D eigenvalue weighted by Gasteiger charge is -2.23. The van der Waals surface area contributed by atoms with Gasteiger partial charge in [0.05, 0.1) is 5.52 Å². The van der Waals surface area contributed by atoms with E-state index < -0.39 is 0 Å². The van der Waals surface area contributed by atoms with Crippen molar-refractivity contribution in [1.82, 2.24) is 15.1 Å². The molecule has 0 bridgehead atoms. The van der Waals surface area contributed by atoms with Gasteiger partial charge in [-0.25, -0.2) is 4.68 Å². The van der Waals surface area contributed by atoms with E-state index in [1.165, 1.54) is 0 Å². The zero-order chi connectivity index (χ0) is 14.1. The van der Waals surface area contributed by atoms with Gasteiger partial charge in [0.1, 0.15) is 0 Å². The van der Waals surface area contributed by atoms with Crippen molar-refractivity contribution < 1.29 is 9.53 Å². The van der Waals surface area contributed by atoms with Crippen molar-refractivity contribution in [3.63, 3.8) is 0 Å². The zero-order valence-electron chi connectivity index (χ0n) is 11.4. The molecule has 1 atom stereocenters. The molecule has 6 nitrogen and oxygen atoms in total. The van der Waals surface area contributed by atoms with Gasteiger partial charge in [0.15, 0.2) is 11.9 Å². The van der Waals surface area contributed by atoms with Gasteiger partial charge < -0.3 is 15.8 Å². The second-order valence-electron chi connectivity index (χ2n) is 4.97. The van der Waals surface area contributed by atoms with Crippen molar-refractivity contribution in [2.45, 2.75) is 25.5 Å². The fourth-order valence-corrected chi connectivity index (χ4v) is 2.58. The fraction of sp³-hybridized carbons (Fsp3) is 0.429. The summed E-state index contributed by atoms with van der Waals surface area (Å²) in [5.74, 6) is -0.200. The normalized spacial score (nSPS) is 19.1. The first-order valence-corrected chi connectivity index (χ1v) is 6.82. The van der Waals surface area contributed by atoms with E-state index >= 15 is 0 Å². The lowest BCUT2D eigenvalue weighted by atomic mass is 10.1. The van der Waals surface area contributed by atoms with Crippen molar-refractivity contribution in [3.05, 3.63) is 23.9 Å². The Labute approximate surface area is 116 Å². The van der Waals surface area contributed by atoms with Gasteiger partial charge in [0.25, 0.3) is 5.91 Å². The summed E-state index contributed by atoms with van der Waals surface area (Å²) in [6, 6.07) is 5.46. The number of hydrogen-bond acceptors (Lipinski definition) is 4. The van der Waals surface area contributed by atoms with Crippen LogP contribution in [0.3, 0.4) is 0 Å². The molecule has 0 saturated carbocycles. The van der Waals surface area contributed by atoms with E-state index in [0.717, 1.165) is 36.8 Å². The quantitative estimate of drug-likeness (QED) is 0.816. The number of nitrogen functional groups attached to an aromatic ring is 1. The van der Waals surface area contributed by atoms with Crippen LogP contribution < -0.4 is 11.1 Å². The summed E-state index contributed by atoms with van der Waals surface area (Å²) in [5, 5.41) is 7.87. The average Bonchev–Trinajstić information content (AvgIpc) is 2.86. The Balaban J connectivity index is 2.15. The summed E-state index contributed by atoms with van der Waals surface area (Å²) >= 11 is 0. The largest absolute Gasteiger partial charge is 0.399 e. The van der Waals surface area contributed by atoms with Crippen LogP contribution >= 0.6 is 0 Å². The molecule has 0 radical (unpaired) electrons. The number of carbonyl (C=O) groups excluding carboxylic acids is 1.